The van der Waals surface area contributed by atoms with Gasteiger partial charge < -0.3 is 15.6 Å². The number of carbonyl (C=O) groups excluding carboxylic acids is 1. The maximum Gasteiger partial charge on any atom is 0.342 e. The van der Waals surface area contributed by atoms with Crippen molar-refractivity contribution in [1.29, 1.82) is 0 Å². The summed E-state index contributed by atoms with van der Waals surface area (Å²) in [5, 5.41) is 9.54. The van der Waals surface area contributed by atoms with E-state index in [2.05, 4.69) is 4.74 Å². The van der Waals surface area contributed by atoms with Gasteiger partial charge in [0, 0.05) is 5.56 Å². The zero-order valence-electron chi connectivity index (χ0n) is 10.1. The second-order valence-corrected chi connectivity index (χ2v) is 3.81. The standard InChI is InChI=1S/C12H15F2NO3/c1-3-18-12(17)9(14)10(15)7-5-4-6(2)8(13)11(7)16/h4-5,9-10,16H,3,15H2,1-2H3/t9?,10-/m0/s1. The number of alkyl halides is 1. The van der Waals surface area contributed by atoms with E-state index in [1.165, 1.54) is 26.0 Å². The predicted octanol–water partition coefficient (Wildman–Crippen LogP) is 1.74. The van der Waals surface area contributed by atoms with Crippen molar-refractivity contribution in [3.63, 3.8) is 0 Å². The Bertz CT molecular complexity index is 451. The molecule has 0 heterocycles. The molecule has 1 rings (SSSR count). The van der Waals surface area contributed by atoms with Crippen molar-refractivity contribution in [2.45, 2.75) is 26.1 Å². The zero-order chi connectivity index (χ0) is 13.9. The first kappa shape index (κ1) is 14.4. The van der Waals surface area contributed by atoms with Gasteiger partial charge in [0.2, 0.25) is 6.17 Å². The van der Waals surface area contributed by atoms with Gasteiger partial charge in [0.1, 0.15) is 0 Å². The summed E-state index contributed by atoms with van der Waals surface area (Å²) < 4.78 is 31.5. The molecule has 0 bridgehead atoms. The van der Waals surface area contributed by atoms with Crippen molar-refractivity contribution in [3.05, 3.63) is 29.1 Å². The highest BCUT2D eigenvalue weighted by Gasteiger charge is 2.30. The Morgan fingerprint density at radius 1 is 1.56 bits per heavy atom. The monoisotopic (exact) mass is 259 g/mol. The molecule has 3 N–H and O–H groups in total. The van der Waals surface area contributed by atoms with Gasteiger partial charge in [-0.05, 0) is 19.4 Å². The fourth-order valence-corrected chi connectivity index (χ4v) is 1.48. The lowest BCUT2D eigenvalue weighted by Gasteiger charge is -2.17. The SMILES string of the molecule is CCOC(=O)C(F)[C@@H](N)c1ccc(C)c(F)c1O. The number of hydrogen-bond donors (Lipinski definition) is 2. The number of phenols is 1. The van der Waals surface area contributed by atoms with Crippen LogP contribution in [0.15, 0.2) is 12.1 Å². The number of carbonyl (C=O) groups is 1. The topological polar surface area (TPSA) is 72.5 Å². The quantitative estimate of drug-likeness (QED) is 0.808. The molecule has 0 spiro atoms. The van der Waals surface area contributed by atoms with Crippen LogP contribution in [0.4, 0.5) is 8.78 Å². The van der Waals surface area contributed by atoms with Crippen molar-refractivity contribution in [2.24, 2.45) is 5.73 Å². The summed E-state index contributed by atoms with van der Waals surface area (Å²) in [6.07, 6.45) is -2.15. The van der Waals surface area contributed by atoms with Crippen LogP contribution in [0.1, 0.15) is 24.1 Å². The number of hydrogen-bond acceptors (Lipinski definition) is 4. The van der Waals surface area contributed by atoms with Gasteiger partial charge in [-0.1, -0.05) is 12.1 Å². The molecule has 0 fully saturated rings. The van der Waals surface area contributed by atoms with E-state index in [0.717, 1.165) is 0 Å². The molecule has 0 aliphatic heterocycles. The Balaban J connectivity index is 3.00. The largest absolute Gasteiger partial charge is 0.505 e. The number of ether oxygens (including phenoxy) is 1. The first-order valence-corrected chi connectivity index (χ1v) is 5.44. The fraction of sp³-hybridized carbons (Fsp3) is 0.417. The third kappa shape index (κ3) is 2.76. The third-order valence-corrected chi connectivity index (χ3v) is 2.53. The number of nitrogens with two attached hydrogens (primary N) is 1. The van der Waals surface area contributed by atoms with E-state index in [0.29, 0.717) is 0 Å². The van der Waals surface area contributed by atoms with Gasteiger partial charge in [-0.25, -0.2) is 13.6 Å². The Hall–Kier alpha value is -1.69. The molecule has 1 aromatic carbocycles. The second-order valence-electron chi connectivity index (χ2n) is 3.81. The Morgan fingerprint density at radius 2 is 2.17 bits per heavy atom. The van der Waals surface area contributed by atoms with Crippen LogP contribution < -0.4 is 5.73 Å². The van der Waals surface area contributed by atoms with E-state index in [9.17, 15) is 18.7 Å². The summed E-state index contributed by atoms with van der Waals surface area (Å²) in [5.74, 6) is -2.75. The summed E-state index contributed by atoms with van der Waals surface area (Å²) in [5.41, 5.74) is 5.52. The van der Waals surface area contributed by atoms with Crippen molar-refractivity contribution >= 4 is 5.97 Å². The molecule has 0 saturated carbocycles. The van der Waals surface area contributed by atoms with Gasteiger partial charge in [-0.15, -0.1) is 0 Å². The molecule has 100 valence electrons. The van der Waals surface area contributed by atoms with Crippen LogP contribution in [0.5, 0.6) is 5.75 Å². The number of aryl methyl sites for hydroxylation is 1. The predicted molar refractivity (Wildman–Crippen MR) is 61.3 cm³/mol. The average Bonchev–Trinajstić information content (AvgIpc) is 2.35. The lowest BCUT2D eigenvalue weighted by Crippen LogP contribution is -2.31. The van der Waals surface area contributed by atoms with E-state index in [4.69, 9.17) is 5.73 Å². The van der Waals surface area contributed by atoms with Crippen LogP contribution in [-0.2, 0) is 9.53 Å². The van der Waals surface area contributed by atoms with E-state index < -0.39 is 29.7 Å². The van der Waals surface area contributed by atoms with Crippen LogP contribution in [0.2, 0.25) is 0 Å². The zero-order valence-corrected chi connectivity index (χ0v) is 10.1. The lowest BCUT2D eigenvalue weighted by atomic mass is 10.00. The number of halogens is 2. The number of aromatic hydroxyl groups is 1. The number of esters is 1. The molecule has 1 aromatic rings. The second kappa shape index (κ2) is 5.77. The highest BCUT2D eigenvalue weighted by atomic mass is 19.1. The summed E-state index contributed by atoms with van der Waals surface area (Å²) in [6, 6.07) is 1.16. The molecule has 18 heavy (non-hydrogen) atoms. The van der Waals surface area contributed by atoms with Crippen LogP contribution in [0, 0.1) is 12.7 Å². The van der Waals surface area contributed by atoms with Gasteiger partial charge in [-0.2, -0.15) is 0 Å². The molecule has 6 heteroatoms. The summed E-state index contributed by atoms with van der Waals surface area (Å²) in [7, 11) is 0. The van der Waals surface area contributed by atoms with Gasteiger partial charge >= 0.3 is 5.97 Å². The Labute approximate surface area is 103 Å². The fourth-order valence-electron chi connectivity index (χ4n) is 1.48. The highest BCUT2D eigenvalue weighted by molar-refractivity contribution is 5.76. The van der Waals surface area contributed by atoms with Gasteiger partial charge in [0.05, 0.1) is 12.6 Å². The number of phenolic OH excluding ortho intramolecular Hbond substituents is 1. The first-order chi connectivity index (χ1) is 8.40. The van der Waals surface area contributed by atoms with Gasteiger partial charge in [0.15, 0.2) is 11.6 Å². The minimum Gasteiger partial charge on any atom is -0.505 e. The normalized spacial score (nSPS) is 14.1. The molecule has 0 radical (unpaired) electrons. The molecule has 0 saturated heterocycles. The Morgan fingerprint density at radius 3 is 2.72 bits per heavy atom. The summed E-state index contributed by atoms with van der Waals surface area (Å²) in [4.78, 5) is 11.2. The van der Waals surface area contributed by atoms with Gasteiger partial charge in [0.25, 0.3) is 0 Å². The minimum atomic E-state index is -2.15. The molecule has 4 nitrogen and oxygen atoms in total. The summed E-state index contributed by atoms with van der Waals surface area (Å²) in [6.45, 7) is 2.99. The molecule has 0 aromatic heterocycles. The highest BCUT2D eigenvalue weighted by Crippen LogP contribution is 2.30. The number of benzene rings is 1. The van der Waals surface area contributed by atoms with Crippen LogP contribution in [0.25, 0.3) is 0 Å². The molecule has 0 aliphatic carbocycles. The van der Waals surface area contributed by atoms with Crippen molar-refractivity contribution in [2.75, 3.05) is 6.61 Å². The van der Waals surface area contributed by atoms with Crippen molar-refractivity contribution in [3.8, 4) is 5.75 Å². The maximum absolute atomic E-state index is 13.6. The van der Waals surface area contributed by atoms with E-state index in [1.807, 2.05) is 0 Å². The number of rotatable bonds is 4. The minimum absolute atomic E-state index is 0.0141. The molecule has 2 atom stereocenters. The van der Waals surface area contributed by atoms with Gasteiger partial charge in [-0.3, -0.25) is 0 Å². The smallest absolute Gasteiger partial charge is 0.342 e. The molecule has 0 aliphatic rings. The average molecular weight is 259 g/mol. The van der Waals surface area contributed by atoms with E-state index in [1.54, 1.807) is 0 Å². The molecule has 0 amide bonds. The molecule has 1 unspecified atom stereocenters. The van der Waals surface area contributed by atoms with E-state index in [-0.39, 0.29) is 17.7 Å². The lowest BCUT2D eigenvalue weighted by molar-refractivity contribution is -0.149. The van der Waals surface area contributed by atoms with E-state index >= 15 is 0 Å². The maximum atomic E-state index is 13.6. The van der Waals surface area contributed by atoms with Crippen LogP contribution >= 0.6 is 0 Å². The summed E-state index contributed by atoms with van der Waals surface area (Å²) >= 11 is 0. The van der Waals surface area contributed by atoms with Crippen LogP contribution in [0.3, 0.4) is 0 Å². The van der Waals surface area contributed by atoms with Crippen molar-refractivity contribution < 1.29 is 23.4 Å². The van der Waals surface area contributed by atoms with Crippen molar-refractivity contribution in [1.82, 2.24) is 0 Å². The molecular weight excluding hydrogens is 244 g/mol. The molecular formula is C12H15F2NO3. The Kier molecular flexibility index (Phi) is 4.61. The van der Waals surface area contributed by atoms with Crippen LogP contribution in [-0.4, -0.2) is 23.9 Å². The first-order valence-electron chi connectivity index (χ1n) is 5.44. The third-order valence-electron chi connectivity index (χ3n) is 2.53.